The molecule has 6 nitrogen and oxygen atoms in total. The first-order valence-corrected chi connectivity index (χ1v) is 15.1. The Hall–Kier alpha value is -1.50. The van der Waals surface area contributed by atoms with Crippen LogP contribution in [-0.4, -0.2) is 49.1 Å². The molecule has 0 bridgehead atoms. The molecule has 0 aromatic rings. The lowest BCUT2D eigenvalue weighted by Gasteiger charge is -2.66. The Morgan fingerprint density at radius 3 is 2.36 bits per heavy atom. The van der Waals surface area contributed by atoms with Crippen LogP contribution in [-0.2, 0) is 28.5 Å². The first kappa shape index (κ1) is 27.7. The number of ether oxygens (including phenoxy) is 4. The van der Waals surface area contributed by atoms with E-state index in [9.17, 15) is 9.59 Å². The summed E-state index contributed by atoms with van der Waals surface area (Å²) in [4.78, 5) is 25.6. The third kappa shape index (κ3) is 3.69. The molecule has 39 heavy (non-hydrogen) atoms. The van der Waals surface area contributed by atoms with Crippen LogP contribution >= 0.6 is 0 Å². The Bertz CT molecular complexity index is 1140. The highest BCUT2D eigenvalue weighted by atomic mass is 16.7. The number of allylic oxidation sites excluding steroid dienone is 3. The number of carbonyl (C=O) groups is 2. The van der Waals surface area contributed by atoms with E-state index < -0.39 is 5.41 Å². The van der Waals surface area contributed by atoms with E-state index in [2.05, 4.69) is 60.6 Å². The van der Waals surface area contributed by atoms with E-state index in [1.165, 1.54) is 12.5 Å². The molecule has 0 N–H and O–H groups in total. The molecule has 216 valence electrons. The lowest BCUT2D eigenvalue weighted by Crippen LogP contribution is -2.64. The van der Waals surface area contributed by atoms with Gasteiger partial charge in [0, 0.05) is 30.8 Å². The highest BCUT2D eigenvalue weighted by molar-refractivity contribution is 5.95. The highest BCUT2D eigenvalue weighted by Crippen LogP contribution is 2.73. The van der Waals surface area contributed by atoms with Crippen LogP contribution < -0.4 is 0 Å². The number of epoxide rings is 1. The number of fused-ring (bicyclic) bond motifs is 5. The van der Waals surface area contributed by atoms with Gasteiger partial charge in [-0.05, 0) is 80.6 Å². The maximum atomic E-state index is 13.0. The smallest absolute Gasteiger partial charge is 0.302 e. The van der Waals surface area contributed by atoms with E-state index in [0.29, 0.717) is 12.3 Å². The molecule has 4 unspecified atom stereocenters. The molecule has 2 saturated heterocycles. The summed E-state index contributed by atoms with van der Waals surface area (Å²) in [5, 5.41) is 0. The highest BCUT2D eigenvalue weighted by Gasteiger charge is 2.69. The van der Waals surface area contributed by atoms with Crippen LogP contribution in [0.3, 0.4) is 0 Å². The van der Waals surface area contributed by atoms with Crippen molar-refractivity contribution in [1.82, 2.24) is 0 Å². The molecule has 6 aliphatic rings. The average molecular weight is 541 g/mol. The van der Waals surface area contributed by atoms with Crippen LogP contribution in [0.25, 0.3) is 0 Å². The molecule has 0 spiro atoms. The molecule has 0 aromatic carbocycles. The normalized spacial score (nSPS) is 51.0. The zero-order valence-electron chi connectivity index (χ0n) is 25.3. The van der Waals surface area contributed by atoms with Gasteiger partial charge in [0.05, 0.1) is 11.7 Å². The third-order valence-corrected chi connectivity index (χ3v) is 12.6. The summed E-state index contributed by atoms with van der Waals surface area (Å²) in [5.41, 5.74) is 0.358. The number of ketones is 1. The number of rotatable bonds is 4. The van der Waals surface area contributed by atoms with Crippen LogP contribution in [0.5, 0.6) is 0 Å². The van der Waals surface area contributed by atoms with Crippen LogP contribution in [0.4, 0.5) is 0 Å². The Morgan fingerprint density at radius 1 is 1.05 bits per heavy atom. The van der Waals surface area contributed by atoms with E-state index in [-0.39, 0.29) is 76.0 Å². The fourth-order valence-electron chi connectivity index (χ4n) is 10.6. The molecular weight excluding hydrogens is 492 g/mol. The number of methoxy groups -OCH3 is 1. The molecule has 0 radical (unpaired) electrons. The average Bonchev–Trinajstić information content (AvgIpc) is 3.16. The van der Waals surface area contributed by atoms with Gasteiger partial charge in [0.15, 0.2) is 12.1 Å². The summed E-state index contributed by atoms with van der Waals surface area (Å²) in [7, 11) is 1.76. The van der Waals surface area contributed by atoms with Gasteiger partial charge in [-0.15, -0.1) is 0 Å². The minimum atomic E-state index is -0.489. The van der Waals surface area contributed by atoms with Crippen molar-refractivity contribution < 1.29 is 28.5 Å². The first-order valence-electron chi connectivity index (χ1n) is 15.1. The molecule has 2 heterocycles. The lowest BCUT2D eigenvalue weighted by atomic mass is 9.38. The zero-order valence-corrected chi connectivity index (χ0v) is 25.3. The standard InChI is InChI=1S/C33H48O6/c1-18(34)37-26-17-24-29(2,3)25(35)13-15-32(24,7)23-12-14-31(6)20(10-11-22(31)33(23,26)8)19-16-21(38-28(19)36-9)27-30(4,5)39-27/h11,13,15,19-21,23-24,26-28H,10,12,14,16-17H2,1-9H3/t19?,20-,21?,23-,24+,26-,27?,28+,31+,32-,33?/m1/s1. The minimum Gasteiger partial charge on any atom is -0.462 e. The summed E-state index contributed by atoms with van der Waals surface area (Å²) in [6.45, 7) is 17.1. The van der Waals surface area contributed by atoms with Crippen molar-refractivity contribution in [2.75, 3.05) is 7.11 Å². The van der Waals surface area contributed by atoms with E-state index in [1.54, 1.807) is 7.11 Å². The number of hydrogen-bond donors (Lipinski definition) is 0. The van der Waals surface area contributed by atoms with E-state index in [0.717, 1.165) is 25.7 Å². The fraction of sp³-hybridized carbons (Fsp3) is 0.818. The van der Waals surface area contributed by atoms with Crippen LogP contribution in [0.15, 0.2) is 23.8 Å². The van der Waals surface area contributed by atoms with Gasteiger partial charge in [0.1, 0.15) is 12.2 Å². The summed E-state index contributed by atoms with van der Waals surface area (Å²) in [6, 6.07) is 0. The Balaban J connectivity index is 1.37. The van der Waals surface area contributed by atoms with Gasteiger partial charge in [-0.3, -0.25) is 9.59 Å². The van der Waals surface area contributed by atoms with E-state index in [4.69, 9.17) is 18.9 Å². The maximum Gasteiger partial charge on any atom is 0.302 e. The van der Waals surface area contributed by atoms with Crippen molar-refractivity contribution in [3.8, 4) is 0 Å². The quantitative estimate of drug-likeness (QED) is 0.246. The van der Waals surface area contributed by atoms with Gasteiger partial charge in [-0.1, -0.05) is 52.3 Å². The molecule has 2 aliphatic heterocycles. The van der Waals surface area contributed by atoms with Gasteiger partial charge < -0.3 is 18.9 Å². The van der Waals surface area contributed by atoms with Gasteiger partial charge in [0.2, 0.25) is 0 Å². The van der Waals surface area contributed by atoms with Crippen molar-refractivity contribution in [2.24, 2.45) is 45.3 Å². The number of esters is 1. The molecule has 6 rings (SSSR count). The number of hydrogen-bond acceptors (Lipinski definition) is 6. The SMILES string of the molecule is CO[C@H]1OC(C2OC2(C)C)CC1[C@H]1CC=C2C3(C)[C@H](OC(C)=O)C[C@H]4C(C)(C)C(=O)C=C[C@]4(C)[C@H]3CC[C@]21C. The zero-order chi connectivity index (χ0) is 28.3. The Labute approximate surface area is 234 Å². The molecular formula is C33H48O6. The van der Waals surface area contributed by atoms with Crippen molar-refractivity contribution in [1.29, 1.82) is 0 Å². The van der Waals surface area contributed by atoms with Gasteiger partial charge in [-0.25, -0.2) is 0 Å². The van der Waals surface area contributed by atoms with E-state index >= 15 is 0 Å². The van der Waals surface area contributed by atoms with E-state index in [1.807, 2.05) is 6.08 Å². The summed E-state index contributed by atoms with van der Waals surface area (Å²) in [6.07, 6.45) is 11.0. The third-order valence-electron chi connectivity index (χ3n) is 12.6. The Kier molecular flexibility index (Phi) is 6.04. The maximum absolute atomic E-state index is 13.0. The van der Waals surface area contributed by atoms with Crippen LogP contribution in [0.1, 0.15) is 87.5 Å². The Morgan fingerprint density at radius 2 is 1.74 bits per heavy atom. The predicted molar refractivity (Wildman–Crippen MR) is 148 cm³/mol. The summed E-state index contributed by atoms with van der Waals surface area (Å²) >= 11 is 0. The molecule has 4 aliphatic carbocycles. The molecule has 0 aromatic heterocycles. The lowest BCUT2D eigenvalue weighted by molar-refractivity contribution is -0.190. The predicted octanol–water partition coefficient (Wildman–Crippen LogP) is 6.03. The minimum absolute atomic E-state index is 0.0316. The molecule has 11 atom stereocenters. The second-order valence-electron chi connectivity index (χ2n) is 15.2. The summed E-state index contributed by atoms with van der Waals surface area (Å²) in [5.74, 6) is 1.02. The molecule has 4 fully saturated rings. The van der Waals surface area contributed by atoms with Gasteiger partial charge >= 0.3 is 5.97 Å². The van der Waals surface area contributed by atoms with Crippen molar-refractivity contribution in [2.45, 2.75) is 118 Å². The van der Waals surface area contributed by atoms with Crippen LogP contribution in [0.2, 0.25) is 0 Å². The van der Waals surface area contributed by atoms with Crippen molar-refractivity contribution in [3.05, 3.63) is 23.8 Å². The first-order chi connectivity index (χ1) is 18.1. The molecule has 0 amide bonds. The molecule has 6 heteroatoms. The van der Waals surface area contributed by atoms with Crippen molar-refractivity contribution in [3.63, 3.8) is 0 Å². The summed E-state index contributed by atoms with van der Waals surface area (Å²) < 4.78 is 24.6. The van der Waals surface area contributed by atoms with Gasteiger partial charge in [-0.2, -0.15) is 0 Å². The topological polar surface area (TPSA) is 74.4 Å². The molecule has 2 saturated carbocycles. The number of carbonyl (C=O) groups excluding carboxylic acids is 2. The largest absolute Gasteiger partial charge is 0.462 e. The second kappa shape index (κ2) is 8.51. The fourth-order valence-corrected chi connectivity index (χ4v) is 10.6. The van der Waals surface area contributed by atoms with Gasteiger partial charge in [0.25, 0.3) is 0 Å². The second-order valence-corrected chi connectivity index (χ2v) is 15.2. The van der Waals surface area contributed by atoms with Crippen molar-refractivity contribution >= 4 is 11.8 Å². The van der Waals surface area contributed by atoms with Crippen LogP contribution in [0, 0.1) is 45.3 Å². The monoisotopic (exact) mass is 540 g/mol.